The van der Waals surface area contributed by atoms with Crippen molar-refractivity contribution in [1.29, 1.82) is 0 Å². The van der Waals surface area contributed by atoms with Crippen molar-refractivity contribution in [3.05, 3.63) is 35.1 Å². The Morgan fingerprint density at radius 1 is 1.26 bits per heavy atom. The van der Waals surface area contributed by atoms with E-state index in [1.165, 1.54) is 0 Å². The first kappa shape index (κ1) is 14.3. The number of benzene rings is 1. The Hall–Kier alpha value is -1.14. The summed E-state index contributed by atoms with van der Waals surface area (Å²) in [6.45, 7) is 0. The zero-order valence-corrected chi connectivity index (χ0v) is 10.1. The minimum Gasteiger partial charge on any atom is -0.391 e. The molecule has 0 spiro atoms. The van der Waals surface area contributed by atoms with Gasteiger partial charge in [-0.05, 0) is 36.5 Å². The lowest BCUT2D eigenvalue weighted by molar-refractivity contribution is -0.140. The van der Waals surface area contributed by atoms with Gasteiger partial charge in [0, 0.05) is 0 Å². The molecule has 0 saturated heterocycles. The molecule has 1 aromatic carbocycles. The molecule has 1 fully saturated rings. The maximum atomic E-state index is 13.4. The van der Waals surface area contributed by atoms with E-state index in [0.717, 1.165) is 31.4 Å². The van der Waals surface area contributed by atoms with E-state index < -0.39 is 29.7 Å². The second-order valence-corrected chi connectivity index (χ2v) is 4.94. The third kappa shape index (κ3) is 2.90. The van der Waals surface area contributed by atoms with Crippen LogP contribution < -0.4 is 5.73 Å². The summed E-state index contributed by atoms with van der Waals surface area (Å²) < 4.78 is 50.6. The predicted molar refractivity (Wildman–Crippen MR) is 61.7 cm³/mol. The van der Waals surface area contributed by atoms with E-state index in [4.69, 9.17) is 5.73 Å². The first-order valence-electron chi connectivity index (χ1n) is 6.11. The predicted octanol–water partition coefficient (Wildman–Crippen LogP) is 3.01. The van der Waals surface area contributed by atoms with Crippen molar-refractivity contribution in [3.8, 4) is 0 Å². The maximum Gasteiger partial charge on any atom is 0.419 e. The van der Waals surface area contributed by atoms with Gasteiger partial charge in [-0.15, -0.1) is 0 Å². The van der Waals surface area contributed by atoms with Crippen LogP contribution in [0.15, 0.2) is 18.2 Å². The van der Waals surface area contributed by atoms with Gasteiger partial charge >= 0.3 is 6.18 Å². The van der Waals surface area contributed by atoms with Gasteiger partial charge in [0.05, 0.1) is 17.7 Å². The number of rotatable bonds is 3. The average molecular weight is 277 g/mol. The molecule has 3 N–H and O–H groups in total. The van der Waals surface area contributed by atoms with E-state index >= 15 is 0 Å². The van der Waals surface area contributed by atoms with Gasteiger partial charge in [-0.3, -0.25) is 0 Å². The van der Waals surface area contributed by atoms with Crippen LogP contribution in [-0.4, -0.2) is 11.2 Å². The Kier molecular flexibility index (Phi) is 3.82. The fraction of sp³-hybridized carbons (Fsp3) is 0.538. The SMILES string of the molecule is N[C@H](c1ccc(C(F)(F)F)c(F)c1)[C@@H](O)C1CCC1. The molecule has 106 valence electrons. The lowest BCUT2D eigenvalue weighted by Crippen LogP contribution is -2.36. The highest BCUT2D eigenvalue weighted by molar-refractivity contribution is 5.29. The molecule has 0 unspecified atom stereocenters. The summed E-state index contributed by atoms with van der Waals surface area (Å²) >= 11 is 0. The van der Waals surface area contributed by atoms with Crippen molar-refractivity contribution in [2.45, 2.75) is 37.6 Å². The molecule has 0 heterocycles. The van der Waals surface area contributed by atoms with E-state index in [1.54, 1.807) is 0 Å². The Morgan fingerprint density at radius 3 is 2.32 bits per heavy atom. The summed E-state index contributed by atoms with van der Waals surface area (Å²) in [6, 6.07) is 1.69. The second kappa shape index (κ2) is 5.09. The van der Waals surface area contributed by atoms with E-state index in [9.17, 15) is 22.7 Å². The molecule has 0 bridgehead atoms. The monoisotopic (exact) mass is 277 g/mol. The van der Waals surface area contributed by atoms with Gasteiger partial charge in [-0.25, -0.2) is 4.39 Å². The molecule has 1 aromatic rings. The van der Waals surface area contributed by atoms with Gasteiger partial charge in [0.2, 0.25) is 0 Å². The number of hydrogen-bond acceptors (Lipinski definition) is 2. The standard InChI is InChI=1S/C13H15F4NO/c14-10-6-8(4-5-9(10)13(15,16)17)11(18)12(19)7-2-1-3-7/h4-7,11-12,19H,1-3,18H2/t11-,12+/m1/s1. The second-order valence-electron chi connectivity index (χ2n) is 4.94. The fourth-order valence-corrected chi connectivity index (χ4v) is 2.24. The number of aliphatic hydroxyl groups excluding tert-OH is 1. The number of nitrogens with two attached hydrogens (primary N) is 1. The van der Waals surface area contributed by atoms with Gasteiger partial charge in [-0.2, -0.15) is 13.2 Å². The first-order valence-corrected chi connectivity index (χ1v) is 6.11. The van der Waals surface area contributed by atoms with Crippen LogP contribution in [0, 0.1) is 11.7 Å². The van der Waals surface area contributed by atoms with Gasteiger partial charge in [0.1, 0.15) is 5.82 Å². The molecule has 1 aliphatic carbocycles. The van der Waals surface area contributed by atoms with Crippen molar-refractivity contribution in [2.75, 3.05) is 0 Å². The van der Waals surface area contributed by atoms with Crippen molar-refractivity contribution in [1.82, 2.24) is 0 Å². The summed E-state index contributed by atoms with van der Waals surface area (Å²) in [6.07, 6.45) is -2.87. The molecular formula is C13H15F4NO. The fourth-order valence-electron chi connectivity index (χ4n) is 2.24. The Bertz CT molecular complexity index is 456. The number of hydrogen-bond donors (Lipinski definition) is 2. The maximum absolute atomic E-state index is 13.4. The Morgan fingerprint density at radius 2 is 1.89 bits per heavy atom. The molecule has 0 aromatic heterocycles. The molecule has 0 aliphatic heterocycles. The lowest BCUT2D eigenvalue weighted by atomic mass is 9.77. The molecule has 1 aliphatic rings. The summed E-state index contributed by atoms with van der Waals surface area (Å²) in [4.78, 5) is 0. The molecule has 0 radical (unpaired) electrons. The van der Waals surface area contributed by atoms with Crippen molar-refractivity contribution < 1.29 is 22.7 Å². The van der Waals surface area contributed by atoms with Crippen LogP contribution in [0.1, 0.15) is 36.4 Å². The number of halogens is 4. The van der Waals surface area contributed by atoms with Crippen LogP contribution in [0.25, 0.3) is 0 Å². The lowest BCUT2D eigenvalue weighted by Gasteiger charge is -2.33. The Balaban J connectivity index is 2.19. The molecular weight excluding hydrogens is 262 g/mol. The zero-order chi connectivity index (χ0) is 14.2. The highest BCUT2D eigenvalue weighted by atomic mass is 19.4. The summed E-state index contributed by atoms with van der Waals surface area (Å²) in [7, 11) is 0. The Labute approximate surface area is 108 Å². The minimum atomic E-state index is -4.72. The van der Waals surface area contributed by atoms with Crippen LogP contribution in [0.3, 0.4) is 0 Å². The topological polar surface area (TPSA) is 46.2 Å². The molecule has 2 nitrogen and oxygen atoms in total. The summed E-state index contributed by atoms with van der Waals surface area (Å²) in [5, 5.41) is 9.94. The third-order valence-electron chi connectivity index (χ3n) is 3.68. The van der Waals surface area contributed by atoms with Crippen molar-refractivity contribution in [2.24, 2.45) is 11.7 Å². The van der Waals surface area contributed by atoms with Gasteiger partial charge in [-0.1, -0.05) is 12.5 Å². The quantitative estimate of drug-likeness (QED) is 0.834. The summed E-state index contributed by atoms with van der Waals surface area (Å²) in [5.41, 5.74) is 4.65. The molecule has 1 saturated carbocycles. The van der Waals surface area contributed by atoms with Crippen molar-refractivity contribution in [3.63, 3.8) is 0 Å². The molecule has 2 atom stereocenters. The van der Waals surface area contributed by atoms with Crippen LogP contribution in [-0.2, 0) is 6.18 Å². The van der Waals surface area contributed by atoms with Crippen LogP contribution in [0.5, 0.6) is 0 Å². The molecule has 6 heteroatoms. The average Bonchev–Trinajstić information content (AvgIpc) is 2.23. The zero-order valence-electron chi connectivity index (χ0n) is 10.1. The van der Waals surface area contributed by atoms with Crippen LogP contribution in [0.2, 0.25) is 0 Å². The first-order chi connectivity index (χ1) is 8.80. The highest BCUT2D eigenvalue weighted by Crippen LogP contribution is 2.36. The van der Waals surface area contributed by atoms with Gasteiger partial charge in [0.25, 0.3) is 0 Å². The van der Waals surface area contributed by atoms with E-state index in [1.807, 2.05) is 0 Å². The smallest absolute Gasteiger partial charge is 0.391 e. The highest BCUT2D eigenvalue weighted by Gasteiger charge is 2.35. The molecule has 19 heavy (non-hydrogen) atoms. The van der Waals surface area contributed by atoms with Crippen LogP contribution in [0.4, 0.5) is 17.6 Å². The largest absolute Gasteiger partial charge is 0.419 e. The van der Waals surface area contributed by atoms with E-state index in [0.29, 0.717) is 6.07 Å². The van der Waals surface area contributed by atoms with Crippen molar-refractivity contribution >= 4 is 0 Å². The molecule has 2 rings (SSSR count). The minimum absolute atomic E-state index is 0.0559. The molecule has 0 amide bonds. The normalized spacial score (nSPS) is 19.9. The third-order valence-corrected chi connectivity index (χ3v) is 3.68. The van der Waals surface area contributed by atoms with E-state index in [2.05, 4.69) is 0 Å². The van der Waals surface area contributed by atoms with Gasteiger partial charge < -0.3 is 10.8 Å². The summed E-state index contributed by atoms with van der Waals surface area (Å²) in [5.74, 6) is -1.30. The van der Waals surface area contributed by atoms with E-state index in [-0.39, 0.29) is 11.5 Å². The number of aliphatic hydroxyl groups is 1. The number of alkyl halides is 3. The van der Waals surface area contributed by atoms with Crippen LogP contribution >= 0.6 is 0 Å². The van der Waals surface area contributed by atoms with Gasteiger partial charge in [0.15, 0.2) is 0 Å².